The highest BCUT2D eigenvalue weighted by molar-refractivity contribution is 5.97. The van der Waals surface area contributed by atoms with Gasteiger partial charge in [-0.15, -0.1) is 0 Å². The molecule has 0 unspecified atom stereocenters. The van der Waals surface area contributed by atoms with Gasteiger partial charge in [0.1, 0.15) is 17.3 Å². The van der Waals surface area contributed by atoms with Gasteiger partial charge < -0.3 is 10.1 Å². The minimum absolute atomic E-state index is 0.00927. The third kappa shape index (κ3) is 3.36. The third-order valence-electron chi connectivity index (χ3n) is 5.97. The van der Waals surface area contributed by atoms with Crippen molar-refractivity contribution in [3.8, 4) is 11.3 Å². The van der Waals surface area contributed by atoms with Crippen molar-refractivity contribution in [1.82, 2.24) is 20.1 Å². The lowest BCUT2D eigenvalue weighted by molar-refractivity contribution is -0.206. The first-order valence-electron chi connectivity index (χ1n) is 10.2. The maximum atomic E-state index is 14.2. The lowest BCUT2D eigenvalue weighted by atomic mass is 9.95. The maximum Gasteiger partial charge on any atom is 0.430 e. The summed E-state index contributed by atoms with van der Waals surface area (Å²) in [6.07, 6.45) is -6.56. The predicted octanol–water partition coefficient (Wildman–Crippen LogP) is 4.57. The van der Waals surface area contributed by atoms with Crippen LogP contribution in [0.3, 0.4) is 0 Å². The van der Waals surface area contributed by atoms with Gasteiger partial charge in [-0.1, -0.05) is 6.92 Å². The molecule has 7 nitrogen and oxygen atoms in total. The topological polar surface area (TPSA) is 81.1 Å². The van der Waals surface area contributed by atoms with Crippen LogP contribution in [0.2, 0.25) is 0 Å². The summed E-state index contributed by atoms with van der Waals surface area (Å²) in [4.78, 5) is 15.6. The van der Waals surface area contributed by atoms with Gasteiger partial charge in [-0.2, -0.15) is 18.3 Å². The number of nitrogens with one attached hydrogen (secondary N) is 2. The predicted molar refractivity (Wildman–Crippen MR) is 108 cm³/mol. The van der Waals surface area contributed by atoms with Gasteiger partial charge in [0.05, 0.1) is 17.1 Å². The lowest BCUT2D eigenvalue weighted by Gasteiger charge is -2.30. The molecule has 4 heterocycles. The number of pyridine rings is 1. The number of hydrogen-bond acceptors (Lipinski definition) is 5. The average Bonchev–Trinajstić information content (AvgIpc) is 3.10. The zero-order valence-electron chi connectivity index (χ0n) is 16.9. The first-order chi connectivity index (χ1) is 15.2. The van der Waals surface area contributed by atoms with E-state index < -0.39 is 24.2 Å². The molecule has 1 fully saturated rings. The van der Waals surface area contributed by atoms with Crippen molar-refractivity contribution in [3.05, 3.63) is 41.8 Å². The quantitative estimate of drug-likeness (QED) is 0.560. The Morgan fingerprint density at radius 3 is 2.81 bits per heavy atom. The number of alkyl halides is 3. The molecule has 2 aromatic heterocycles. The number of fused-ring (bicyclic) bond motifs is 2. The fourth-order valence-corrected chi connectivity index (χ4v) is 4.50. The molecule has 1 aromatic carbocycles. The number of cyclic esters (lactones) is 1. The Morgan fingerprint density at radius 1 is 1.25 bits per heavy atom. The Kier molecular flexibility index (Phi) is 4.81. The smallest absolute Gasteiger partial charge is 0.430 e. The summed E-state index contributed by atoms with van der Waals surface area (Å²) < 4.78 is 61.9. The summed E-state index contributed by atoms with van der Waals surface area (Å²) in [5, 5.41) is 10.6. The molecule has 0 radical (unpaired) electrons. The third-order valence-corrected chi connectivity index (χ3v) is 5.97. The average molecular weight is 449 g/mol. The minimum Gasteiger partial charge on any atom is -0.431 e. The van der Waals surface area contributed by atoms with E-state index in [1.807, 2.05) is 0 Å². The Bertz CT molecular complexity index is 1210. The lowest BCUT2D eigenvalue weighted by Crippen LogP contribution is -2.36. The van der Waals surface area contributed by atoms with E-state index in [9.17, 15) is 22.4 Å². The number of hydrogen-bond donors (Lipinski definition) is 2. The molecule has 0 spiro atoms. The molecular formula is C21H19F4N5O2. The summed E-state index contributed by atoms with van der Waals surface area (Å²) in [6, 6.07) is 5.52. The molecule has 168 valence electrons. The molecule has 1 saturated heterocycles. The van der Waals surface area contributed by atoms with Crippen molar-refractivity contribution in [1.29, 1.82) is 0 Å². The van der Waals surface area contributed by atoms with E-state index in [0.29, 0.717) is 10.9 Å². The molecule has 1 amide bonds. The highest BCUT2D eigenvalue weighted by atomic mass is 19.4. The number of ether oxygens (including phenoxy) is 1. The standard InChI is InChI=1S/C21H19F4N5O2/c1-10-9-26-6-5-14(10)30-15-3-2-11(22)8-13(15)17(29-30)12-4-7-27-19-16(12)18(21(23,24)25)32-20(31)28-19/h2-4,7-8,10,14,18,26H,5-6,9H2,1H3,(H,27,28,31)/t10-,14+,18-/m1/s1. The monoisotopic (exact) mass is 449 g/mol. The number of carbonyl (C=O) groups is 1. The van der Waals surface area contributed by atoms with Crippen LogP contribution in [-0.4, -0.2) is 40.1 Å². The van der Waals surface area contributed by atoms with Crippen LogP contribution >= 0.6 is 0 Å². The Labute approximate surface area is 179 Å². The number of nitrogens with zero attached hydrogens (tertiary/aromatic N) is 3. The van der Waals surface area contributed by atoms with Gasteiger partial charge in [-0.05, 0) is 49.7 Å². The number of halogens is 4. The molecule has 0 bridgehead atoms. The summed E-state index contributed by atoms with van der Waals surface area (Å²) in [6.45, 7) is 3.60. The van der Waals surface area contributed by atoms with Crippen molar-refractivity contribution in [2.24, 2.45) is 5.92 Å². The van der Waals surface area contributed by atoms with Crippen LogP contribution in [0, 0.1) is 11.7 Å². The van der Waals surface area contributed by atoms with Crippen LogP contribution in [0.15, 0.2) is 30.5 Å². The normalized spacial score (nSPS) is 23.5. The number of rotatable bonds is 2. The molecule has 2 N–H and O–H groups in total. The second-order valence-corrected chi connectivity index (χ2v) is 8.06. The van der Waals surface area contributed by atoms with Gasteiger partial charge >= 0.3 is 12.3 Å². The van der Waals surface area contributed by atoms with Crippen molar-refractivity contribution >= 4 is 22.8 Å². The number of benzene rings is 1. The van der Waals surface area contributed by atoms with Gasteiger partial charge in [0.15, 0.2) is 0 Å². The maximum absolute atomic E-state index is 14.2. The summed E-state index contributed by atoms with van der Waals surface area (Å²) in [7, 11) is 0. The second kappa shape index (κ2) is 7.44. The van der Waals surface area contributed by atoms with Crippen LogP contribution < -0.4 is 10.6 Å². The SMILES string of the molecule is C[C@@H]1CNCC[C@@H]1n1nc(-c2ccnc3c2[C@H](C(F)(F)F)OC(=O)N3)c2cc(F)ccc21. The summed E-state index contributed by atoms with van der Waals surface area (Å²) in [5.41, 5.74) is 0.523. The number of amides is 1. The number of carbonyl (C=O) groups excluding carboxylic acids is 1. The number of piperidine rings is 1. The van der Waals surface area contributed by atoms with Gasteiger partial charge in [0, 0.05) is 17.1 Å². The van der Waals surface area contributed by atoms with E-state index in [1.54, 1.807) is 10.7 Å². The molecule has 32 heavy (non-hydrogen) atoms. The van der Waals surface area contributed by atoms with E-state index >= 15 is 0 Å². The van der Waals surface area contributed by atoms with Crippen LogP contribution in [0.5, 0.6) is 0 Å². The Morgan fingerprint density at radius 2 is 2.06 bits per heavy atom. The number of anilines is 1. The highest BCUT2D eigenvalue weighted by Gasteiger charge is 2.49. The van der Waals surface area contributed by atoms with E-state index in [-0.39, 0.29) is 34.6 Å². The van der Waals surface area contributed by atoms with E-state index in [1.165, 1.54) is 24.4 Å². The Balaban J connectivity index is 1.76. The van der Waals surface area contributed by atoms with Gasteiger partial charge in [0.25, 0.3) is 0 Å². The van der Waals surface area contributed by atoms with Gasteiger partial charge in [-0.25, -0.2) is 14.2 Å². The zero-order valence-corrected chi connectivity index (χ0v) is 16.9. The van der Waals surface area contributed by atoms with E-state index in [2.05, 4.69) is 32.4 Å². The molecular weight excluding hydrogens is 430 g/mol. The molecule has 0 aliphatic carbocycles. The molecule has 0 saturated carbocycles. The largest absolute Gasteiger partial charge is 0.431 e. The van der Waals surface area contributed by atoms with Gasteiger partial charge in [0.2, 0.25) is 6.10 Å². The molecule has 11 heteroatoms. The van der Waals surface area contributed by atoms with Crippen molar-refractivity contribution < 1.29 is 27.1 Å². The van der Waals surface area contributed by atoms with Crippen LogP contribution in [0.4, 0.5) is 28.2 Å². The molecule has 5 rings (SSSR count). The first-order valence-corrected chi connectivity index (χ1v) is 10.2. The minimum atomic E-state index is -4.86. The fraction of sp³-hybridized carbons (Fsp3) is 0.381. The Hall–Kier alpha value is -3.21. The molecule has 2 aliphatic heterocycles. The molecule has 3 atom stereocenters. The van der Waals surface area contributed by atoms with E-state index in [4.69, 9.17) is 0 Å². The van der Waals surface area contributed by atoms with Gasteiger partial charge in [-0.3, -0.25) is 10.00 Å². The van der Waals surface area contributed by atoms with E-state index in [0.717, 1.165) is 19.5 Å². The zero-order chi connectivity index (χ0) is 22.6. The van der Waals surface area contributed by atoms with Crippen molar-refractivity contribution in [2.45, 2.75) is 31.7 Å². The second-order valence-electron chi connectivity index (χ2n) is 8.06. The summed E-state index contributed by atoms with van der Waals surface area (Å²) >= 11 is 0. The highest BCUT2D eigenvalue weighted by Crippen LogP contribution is 2.46. The van der Waals surface area contributed by atoms with Crippen LogP contribution in [0.25, 0.3) is 22.2 Å². The first kappa shape index (κ1) is 20.7. The van der Waals surface area contributed by atoms with Crippen molar-refractivity contribution in [3.63, 3.8) is 0 Å². The van der Waals surface area contributed by atoms with Crippen molar-refractivity contribution in [2.75, 3.05) is 18.4 Å². The number of aromatic nitrogens is 3. The van der Waals surface area contributed by atoms with Crippen LogP contribution in [0.1, 0.15) is 31.1 Å². The molecule has 3 aromatic rings. The molecule has 2 aliphatic rings. The van der Waals surface area contributed by atoms with Crippen LogP contribution in [-0.2, 0) is 4.74 Å². The summed E-state index contributed by atoms with van der Waals surface area (Å²) in [5.74, 6) is -0.575. The fourth-order valence-electron chi connectivity index (χ4n) is 4.50.